The highest BCUT2D eigenvalue weighted by atomic mass is 79.9. The largest absolute Gasteiger partial charge is 0.497 e. The van der Waals surface area contributed by atoms with E-state index in [1.165, 1.54) is 7.11 Å². The van der Waals surface area contributed by atoms with Crippen LogP contribution in [0.2, 0.25) is 0 Å². The Labute approximate surface area is 156 Å². The van der Waals surface area contributed by atoms with Gasteiger partial charge in [-0.25, -0.2) is 4.79 Å². The summed E-state index contributed by atoms with van der Waals surface area (Å²) in [6, 6.07) is 13.0. The van der Waals surface area contributed by atoms with Gasteiger partial charge < -0.3 is 19.5 Å². The first-order valence-corrected chi connectivity index (χ1v) is 8.82. The molecule has 0 aliphatic heterocycles. The van der Waals surface area contributed by atoms with Crippen molar-refractivity contribution in [3.05, 3.63) is 52.5 Å². The standard InChI is InChI=1S/C19H22BrNO4/c1-23-15-6-8-16(9-7-15)25-12-4-3-11-21-18-10-5-14(20)13-17(18)19(22)24-2/h5-10,13,21H,3-4,11-12H2,1-2H3. The first kappa shape index (κ1) is 19.1. The maximum Gasteiger partial charge on any atom is 0.340 e. The van der Waals surface area contributed by atoms with E-state index in [0.717, 1.165) is 41.0 Å². The fourth-order valence-electron chi connectivity index (χ4n) is 2.26. The average molecular weight is 408 g/mol. The molecule has 0 bridgehead atoms. The Hall–Kier alpha value is -2.21. The monoisotopic (exact) mass is 407 g/mol. The van der Waals surface area contributed by atoms with Gasteiger partial charge in [0.1, 0.15) is 11.5 Å². The van der Waals surface area contributed by atoms with Crippen molar-refractivity contribution in [3.8, 4) is 11.5 Å². The second-order valence-electron chi connectivity index (χ2n) is 5.34. The average Bonchev–Trinajstić information content (AvgIpc) is 2.65. The van der Waals surface area contributed by atoms with Crippen LogP contribution < -0.4 is 14.8 Å². The quantitative estimate of drug-likeness (QED) is 0.489. The molecule has 25 heavy (non-hydrogen) atoms. The van der Waals surface area contributed by atoms with E-state index in [1.807, 2.05) is 36.4 Å². The van der Waals surface area contributed by atoms with E-state index in [0.29, 0.717) is 12.2 Å². The summed E-state index contributed by atoms with van der Waals surface area (Å²) in [4.78, 5) is 11.8. The number of ether oxygens (including phenoxy) is 3. The number of methoxy groups -OCH3 is 2. The van der Waals surface area contributed by atoms with Gasteiger partial charge in [0.05, 0.1) is 26.4 Å². The van der Waals surface area contributed by atoms with Crippen LogP contribution in [0.25, 0.3) is 0 Å². The molecule has 0 amide bonds. The van der Waals surface area contributed by atoms with Crippen molar-refractivity contribution in [1.82, 2.24) is 0 Å². The molecule has 2 rings (SSSR count). The van der Waals surface area contributed by atoms with Crippen LogP contribution in [0.1, 0.15) is 23.2 Å². The molecule has 0 atom stereocenters. The zero-order valence-corrected chi connectivity index (χ0v) is 16.0. The second-order valence-corrected chi connectivity index (χ2v) is 6.26. The van der Waals surface area contributed by atoms with Gasteiger partial charge in [-0.2, -0.15) is 0 Å². The van der Waals surface area contributed by atoms with E-state index < -0.39 is 0 Å². The van der Waals surface area contributed by atoms with Gasteiger partial charge in [0.2, 0.25) is 0 Å². The highest BCUT2D eigenvalue weighted by Crippen LogP contribution is 2.22. The molecule has 0 spiro atoms. The predicted octanol–water partition coefficient (Wildman–Crippen LogP) is 4.52. The van der Waals surface area contributed by atoms with Gasteiger partial charge in [0, 0.05) is 16.7 Å². The number of halogens is 1. The fraction of sp³-hybridized carbons (Fsp3) is 0.316. The van der Waals surface area contributed by atoms with Crippen molar-refractivity contribution in [1.29, 1.82) is 0 Å². The van der Waals surface area contributed by atoms with Gasteiger partial charge in [0.15, 0.2) is 0 Å². The molecule has 134 valence electrons. The molecule has 0 fully saturated rings. The number of hydrogen-bond acceptors (Lipinski definition) is 5. The van der Waals surface area contributed by atoms with Gasteiger partial charge in [-0.05, 0) is 55.3 Å². The van der Waals surface area contributed by atoms with E-state index in [-0.39, 0.29) is 5.97 Å². The number of esters is 1. The number of carbonyl (C=O) groups is 1. The summed E-state index contributed by atoms with van der Waals surface area (Å²) in [6.45, 7) is 1.38. The van der Waals surface area contributed by atoms with Crippen molar-refractivity contribution < 1.29 is 19.0 Å². The Morgan fingerprint density at radius 2 is 1.76 bits per heavy atom. The van der Waals surface area contributed by atoms with Crippen LogP contribution in [0.3, 0.4) is 0 Å². The first-order valence-electron chi connectivity index (χ1n) is 8.02. The van der Waals surface area contributed by atoms with Crippen molar-refractivity contribution in [2.24, 2.45) is 0 Å². The summed E-state index contributed by atoms with van der Waals surface area (Å²) in [7, 11) is 3.02. The summed E-state index contributed by atoms with van der Waals surface area (Å²) < 4.78 is 16.5. The third kappa shape index (κ3) is 5.98. The summed E-state index contributed by atoms with van der Waals surface area (Å²) in [6.07, 6.45) is 1.83. The molecule has 2 aromatic carbocycles. The maximum atomic E-state index is 11.8. The Balaban J connectivity index is 1.73. The Kier molecular flexibility index (Phi) is 7.60. The number of rotatable bonds is 9. The molecule has 0 heterocycles. The third-order valence-corrected chi connectivity index (χ3v) is 4.09. The Morgan fingerprint density at radius 3 is 2.44 bits per heavy atom. The summed E-state index contributed by atoms with van der Waals surface area (Å²) in [5.41, 5.74) is 1.29. The van der Waals surface area contributed by atoms with Gasteiger partial charge >= 0.3 is 5.97 Å². The number of anilines is 1. The molecular weight excluding hydrogens is 386 g/mol. The van der Waals surface area contributed by atoms with E-state index in [1.54, 1.807) is 13.2 Å². The van der Waals surface area contributed by atoms with Crippen molar-refractivity contribution in [2.75, 3.05) is 32.7 Å². The molecule has 1 N–H and O–H groups in total. The second kappa shape index (κ2) is 9.93. The van der Waals surface area contributed by atoms with Crippen LogP contribution >= 0.6 is 15.9 Å². The van der Waals surface area contributed by atoms with Crippen LogP contribution in [-0.2, 0) is 4.74 Å². The lowest BCUT2D eigenvalue weighted by molar-refractivity contribution is 0.0601. The number of nitrogens with one attached hydrogen (secondary N) is 1. The topological polar surface area (TPSA) is 56.8 Å². The fourth-order valence-corrected chi connectivity index (χ4v) is 2.62. The van der Waals surface area contributed by atoms with Crippen LogP contribution in [-0.4, -0.2) is 33.3 Å². The van der Waals surface area contributed by atoms with Crippen LogP contribution in [0.4, 0.5) is 5.69 Å². The first-order chi connectivity index (χ1) is 12.1. The van der Waals surface area contributed by atoms with Crippen molar-refractivity contribution >= 4 is 27.6 Å². The van der Waals surface area contributed by atoms with Crippen molar-refractivity contribution in [3.63, 3.8) is 0 Å². The van der Waals surface area contributed by atoms with Crippen molar-refractivity contribution in [2.45, 2.75) is 12.8 Å². The summed E-state index contributed by atoms with van der Waals surface area (Å²) in [5, 5.41) is 3.28. The zero-order valence-electron chi connectivity index (χ0n) is 14.4. The highest BCUT2D eigenvalue weighted by Gasteiger charge is 2.11. The van der Waals surface area contributed by atoms with Crippen LogP contribution in [0, 0.1) is 0 Å². The molecular formula is C19H22BrNO4. The minimum Gasteiger partial charge on any atom is -0.497 e. The van der Waals surface area contributed by atoms with E-state index in [2.05, 4.69) is 21.2 Å². The summed E-state index contributed by atoms with van der Waals surface area (Å²) in [5.74, 6) is 1.29. The molecule has 0 saturated heterocycles. The molecule has 0 aliphatic rings. The molecule has 0 radical (unpaired) electrons. The van der Waals surface area contributed by atoms with E-state index in [9.17, 15) is 4.79 Å². The smallest absolute Gasteiger partial charge is 0.340 e. The lowest BCUT2D eigenvalue weighted by atomic mass is 10.1. The van der Waals surface area contributed by atoms with Gasteiger partial charge in [0.25, 0.3) is 0 Å². The Morgan fingerprint density at radius 1 is 1.04 bits per heavy atom. The predicted molar refractivity (Wildman–Crippen MR) is 102 cm³/mol. The lowest BCUT2D eigenvalue weighted by Gasteiger charge is -2.11. The molecule has 6 heteroatoms. The maximum absolute atomic E-state index is 11.8. The van der Waals surface area contributed by atoms with E-state index >= 15 is 0 Å². The lowest BCUT2D eigenvalue weighted by Crippen LogP contribution is -2.10. The number of unbranched alkanes of at least 4 members (excludes halogenated alkanes) is 1. The number of benzene rings is 2. The molecule has 0 aromatic heterocycles. The van der Waals surface area contributed by atoms with Crippen LogP contribution in [0.15, 0.2) is 46.9 Å². The minimum atomic E-state index is -0.355. The minimum absolute atomic E-state index is 0.355. The molecule has 0 aliphatic carbocycles. The third-order valence-electron chi connectivity index (χ3n) is 3.60. The molecule has 2 aromatic rings. The Bertz CT molecular complexity index is 688. The van der Waals surface area contributed by atoms with Crippen LogP contribution in [0.5, 0.6) is 11.5 Å². The van der Waals surface area contributed by atoms with Gasteiger partial charge in [-0.1, -0.05) is 15.9 Å². The van der Waals surface area contributed by atoms with E-state index in [4.69, 9.17) is 14.2 Å². The zero-order chi connectivity index (χ0) is 18.1. The molecule has 0 unspecified atom stereocenters. The molecule has 5 nitrogen and oxygen atoms in total. The summed E-state index contributed by atoms with van der Waals surface area (Å²) >= 11 is 3.37. The van der Waals surface area contributed by atoms with Gasteiger partial charge in [-0.3, -0.25) is 0 Å². The normalized spacial score (nSPS) is 10.2. The van der Waals surface area contributed by atoms with Gasteiger partial charge in [-0.15, -0.1) is 0 Å². The number of carbonyl (C=O) groups excluding carboxylic acids is 1. The SMILES string of the molecule is COC(=O)c1cc(Br)ccc1NCCCCOc1ccc(OC)cc1. The molecule has 0 saturated carbocycles. The highest BCUT2D eigenvalue weighted by molar-refractivity contribution is 9.10. The number of hydrogen-bond donors (Lipinski definition) is 1.